The number of hydrogen-bond acceptors (Lipinski definition) is 5. The highest BCUT2D eigenvalue weighted by Crippen LogP contribution is 2.16. The van der Waals surface area contributed by atoms with Gasteiger partial charge in [0.25, 0.3) is 11.8 Å². The Hall–Kier alpha value is -3.48. The first-order valence-electron chi connectivity index (χ1n) is 8.18. The minimum absolute atomic E-state index is 0.113. The predicted octanol–water partition coefficient (Wildman–Crippen LogP) is 3.45. The second-order valence-corrected chi connectivity index (χ2v) is 5.65. The van der Waals surface area contributed by atoms with Crippen molar-refractivity contribution in [1.82, 2.24) is 10.1 Å². The fourth-order valence-corrected chi connectivity index (χ4v) is 2.43. The average molecular weight is 350 g/mol. The number of aryl methyl sites for hydroxylation is 2. The Labute approximate surface area is 150 Å². The molecule has 0 fully saturated rings. The molecule has 0 saturated heterocycles. The molecule has 0 aliphatic heterocycles. The van der Waals surface area contributed by atoms with Gasteiger partial charge in [-0.2, -0.15) is 0 Å². The third kappa shape index (κ3) is 3.94. The van der Waals surface area contributed by atoms with Crippen LogP contribution in [0.4, 0.5) is 11.5 Å². The molecule has 132 valence electrons. The average Bonchev–Trinajstić information content (AvgIpc) is 3.07. The third-order valence-corrected chi connectivity index (χ3v) is 3.73. The highest BCUT2D eigenvalue weighted by molar-refractivity contribution is 6.06. The van der Waals surface area contributed by atoms with Gasteiger partial charge >= 0.3 is 0 Å². The summed E-state index contributed by atoms with van der Waals surface area (Å²) in [7, 11) is 0. The van der Waals surface area contributed by atoms with E-state index in [0.717, 1.165) is 17.7 Å². The summed E-state index contributed by atoms with van der Waals surface area (Å²) in [5.74, 6) is 0.0248. The van der Waals surface area contributed by atoms with Crippen LogP contribution in [0.1, 0.15) is 39.2 Å². The minimum atomic E-state index is -0.470. The first-order chi connectivity index (χ1) is 12.6. The van der Waals surface area contributed by atoms with Crippen LogP contribution in [0.25, 0.3) is 0 Å². The van der Waals surface area contributed by atoms with Gasteiger partial charge in [-0.25, -0.2) is 4.98 Å². The van der Waals surface area contributed by atoms with Crippen molar-refractivity contribution in [2.75, 3.05) is 10.6 Å². The number of anilines is 2. The van der Waals surface area contributed by atoms with Gasteiger partial charge in [-0.05, 0) is 37.1 Å². The van der Waals surface area contributed by atoms with Crippen LogP contribution in [0.3, 0.4) is 0 Å². The quantitative estimate of drug-likeness (QED) is 0.734. The lowest BCUT2D eigenvalue weighted by atomic mass is 10.1. The predicted molar refractivity (Wildman–Crippen MR) is 97.2 cm³/mol. The molecule has 2 heterocycles. The van der Waals surface area contributed by atoms with Crippen molar-refractivity contribution in [2.24, 2.45) is 0 Å². The lowest BCUT2D eigenvalue weighted by Gasteiger charge is -2.09. The van der Waals surface area contributed by atoms with Crippen molar-refractivity contribution >= 4 is 23.3 Å². The van der Waals surface area contributed by atoms with Crippen molar-refractivity contribution in [3.63, 3.8) is 0 Å². The number of nitrogens with one attached hydrogen (secondary N) is 2. The van der Waals surface area contributed by atoms with Crippen LogP contribution >= 0.6 is 0 Å². The van der Waals surface area contributed by atoms with Crippen LogP contribution in [0.15, 0.2) is 53.1 Å². The number of hydrogen-bond donors (Lipinski definition) is 2. The summed E-state index contributed by atoms with van der Waals surface area (Å²) in [6.07, 6.45) is 0.795. The Morgan fingerprint density at radius 1 is 1.00 bits per heavy atom. The number of nitrogens with zero attached hydrogens (tertiary/aromatic N) is 2. The van der Waals surface area contributed by atoms with E-state index in [2.05, 4.69) is 20.8 Å². The normalized spacial score (nSPS) is 10.4. The first-order valence-corrected chi connectivity index (χ1v) is 8.18. The Morgan fingerprint density at radius 2 is 1.69 bits per heavy atom. The summed E-state index contributed by atoms with van der Waals surface area (Å²) in [6.45, 7) is 3.74. The van der Waals surface area contributed by atoms with Crippen molar-refractivity contribution in [1.29, 1.82) is 0 Å². The maximum Gasteiger partial charge on any atom is 0.275 e. The molecule has 3 rings (SSSR count). The van der Waals surface area contributed by atoms with Crippen molar-refractivity contribution < 1.29 is 14.1 Å². The highest BCUT2D eigenvalue weighted by Gasteiger charge is 2.14. The lowest BCUT2D eigenvalue weighted by Crippen LogP contribution is -2.19. The van der Waals surface area contributed by atoms with Crippen molar-refractivity contribution in [2.45, 2.75) is 20.3 Å². The molecular formula is C19H18N4O3. The van der Waals surface area contributed by atoms with Crippen molar-refractivity contribution in [3.05, 3.63) is 71.2 Å². The molecule has 0 spiro atoms. The molecule has 0 bridgehead atoms. The third-order valence-electron chi connectivity index (χ3n) is 3.73. The molecule has 2 N–H and O–H groups in total. The molecule has 0 aliphatic rings. The van der Waals surface area contributed by atoms with Gasteiger partial charge in [0, 0.05) is 11.8 Å². The topological polar surface area (TPSA) is 97.1 Å². The van der Waals surface area contributed by atoms with E-state index < -0.39 is 5.91 Å². The number of benzene rings is 1. The van der Waals surface area contributed by atoms with Gasteiger partial charge in [-0.15, -0.1) is 0 Å². The second-order valence-electron chi connectivity index (χ2n) is 5.65. The van der Waals surface area contributed by atoms with E-state index in [1.165, 1.54) is 6.07 Å². The van der Waals surface area contributed by atoms with Gasteiger partial charge < -0.3 is 15.2 Å². The number of rotatable bonds is 5. The zero-order valence-electron chi connectivity index (χ0n) is 14.4. The number of para-hydroxylation sites is 1. The molecule has 3 aromatic rings. The Balaban J connectivity index is 1.75. The van der Waals surface area contributed by atoms with Crippen LogP contribution in [0.5, 0.6) is 0 Å². The molecule has 0 aliphatic carbocycles. The summed E-state index contributed by atoms with van der Waals surface area (Å²) in [6, 6.07) is 13.8. The van der Waals surface area contributed by atoms with Gasteiger partial charge in [0.2, 0.25) is 0 Å². The summed E-state index contributed by atoms with van der Waals surface area (Å²) in [5, 5.41) is 9.11. The molecule has 0 saturated carbocycles. The summed E-state index contributed by atoms with van der Waals surface area (Å²) >= 11 is 0. The van der Waals surface area contributed by atoms with E-state index >= 15 is 0 Å². The number of pyridine rings is 1. The maximum atomic E-state index is 12.5. The van der Waals surface area contributed by atoms with Gasteiger partial charge in [0.15, 0.2) is 5.82 Å². The van der Waals surface area contributed by atoms with Crippen LogP contribution < -0.4 is 10.6 Å². The van der Waals surface area contributed by atoms with E-state index in [0.29, 0.717) is 11.6 Å². The molecule has 2 amide bonds. The minimum Gasteiger partial charge on any atom is -0.360 e. The molecular weight excluding hydrogens is 332 g/mol. The van der Waals surface area contributed by atoms with Crippen LogP contribution in [0.2, 0.25) is 0 Å². The summed E-state index contributed by atoms with van der Waals surface area (Å²) in [4.78, 5) is 28.9. The zero-order chi connectivity index (χ0) is 18.5. The fourth-order valence-electron chi connectivity index (χ4n) is 2.43. The fraction of sp³-hybridized carbons (Fsp3) is 0.158. The van der Waals surface area contributed by atoms with Crippen LogP contribution in [0, 0.1) is 6.92 Å². The van der Waals surface area contributed by atoms with E-state index in [1.807, 2.05) is 31.2 Å². The molecule has 2 aromatic heterocycles. The van der Waals surface area contributed by atoms with Crippen LogP contribution in [-0.4, -0.2) is 22.0 Å². The zero-order valence-corrected chi connectivity index (χ0v) is 14.4. The molecule has 0 atom stereocenters. The lowest BCUT2D eigenvalue weighted by molar-refractivity contribution is 0.101. The van der Waals surface area contributed by atoms with Gasteiger partial charge in [0.05, 0.1) is 0 Å². The molecule has 7 heteroatoms. The van der Waals surface area contributed by atoms with E-state index in [1.54, 1.807) is 25.1 Å². The Kier molecular flexibility index (Phi) is 5.07. The van der Waals surface area contributed by atoms with Gasteiger partial charge in [0.1, 0.15) is 17.1 Å². The Bertz CT molecular complexity index is 949. The SMILES string of the molecule is CCc1ccccc1NC(=O)c1cccc(C(=O)Nc2cc(C)on2)n1. The molecule has 7 nitrogen and oxygen atoms in total. The van der Waals surface area contributed by atoms with Crippen molar-refractivity contribution in [3.8, 4) is 0 Å². The maximum absolute atomic E-state index is 12.5. The monoisotopic (exact) mass is 350 g/mol. The summed E-state index contributed by atoms with van der Waals surface area (Å²) in [5.41, 5.74) is 2.02. The van der Waals surface area contributed by atoms with E-state index in [-0.39, 0.29) is 17.3 Å². The van der Waals surface area contributed by atoms with E-state index in [4.69, 9.17) is 4.52 Å². The molecule has 1 aromatic carbocycles. The smallest absolute Gasteiger partial charge is 0.275 e. The standard InChI is InChI=1S/C19H18N4O3/c1-3-13-7-4-5-8-14(13)21-18(24)15-9-6-10-16(20-15)19(25)22-17-11-12(2)26-23-17/h4-11H,3H2,1-2H3,(H,21,24)(H,22,23,25). The second kappa shape index (κ2) is 7.60. The first kappa shape index (κ1) is 17.3. The molecule has 0 radical (unpaired) electrons. The molecule has 26 heavy (non-hydrogen) atoms. The highest BCUT2D eigenvalue weighted by atomic mass is 16.5. The number of carbonyl (C=O) groups excluding carboxylic acids is 2. The summed E-state index contributed by atoms with van der Waals surface area (Å²) < 4.78 is 4.90. The van der Waals surface area contributed by atoms with Gasteiger partial charge in [-0.3, -0.25) is 9.59 Å². The number of amides is 2. The van der Waals surface area contributed by atoms with E-state index in [9.17, 15) is 9.59 Å². The van der Waals surface area contributed by atoms with Crippen LogP contribution in [-0.2, 0) is 6.42 Å². The molecule has 0 unspecified atom stereocenters. The Morgan fingerprint density at radius 3 is 2.35 bits per heavy atom. The number of aromatic nitrogens is 2. The number of carbonyl (C=O) groups is 2. The largest absolute Gasteiger partial charge is 0.360 e. The van der Waals surface area contributed by atoms with Gasteiger partial charge in [-0.1, -0.05) is 36.3 Å².